The molecule has 0 aromatic rings. The molecule has 1 aliphatic rings. The highest BCUT2D eigenvalue weighted by Gasteiger charge is 2.35. The maximum Gasteiger partial charge on any atom is 0.0649 e. The molecule has 0 spiro atoms. The molecule has 0 bridgehead atoms. The number of hydrogen-bond acceptors (Lipinski definition) is 2. The van der Waals surface area contributed by atoms with Gasteiger partial charge in [0.25, 0.3) is 0 Å². The third-order valence-electron chi connectivity index (χ3n) is 1.40. The van der Waals surface area contributed by atoms with Crippen LogP contribution >= 0.6 is 12.4 Å². The van der Waals surface area contributed by atoms with E-state index in [1.54, 1.807) is 0 Å². The minimum Gasteiger partial charge on any atom is -0.390 e. The molecule has 0 aliphatic heterocycles. The van der Waals surface area contributed by atoms with Gasteiger partial charge in [-0.2, -0.15) is 0 Å². The molecule has 50 valence electrons. The molecule has 2 nitrogen and oxygen atoms in total. The first-order chi connectivity index (χ1) is 3.10. The first-order valence-electron chi connectivity index (χ1n) is 2.58. The molecule has 0 radical (unpaired) electrons. The molecule has 3 heteroatoms. The van der Waals surface area contributed by atoms with E-state index in [0.717, 1.165) is 12.8 Å². The summed E-state index contributed by atoms with van der Waals surface area (Å²) in [6.45, 7) is 1.82. The highest BCUT2D eigenvalue weighted by Crippen LogP contribution is 2.29. The van der Waals surface area contributed by atoms with Crippen molar-refractivity contribution in [1.82, 2.24) is 0 Å². The number of rotatable bonds is 0. The minimum absolute atomic E-state index is 0. The Morgan fingerprint density at radius 1 is 1.62 bits per heavy atom. The third kappa shape index (κ3) is 1.62. The van der Waals surface area contributed by atoms with Gasteiger partial charge in [0.1, 0.15) is 0 Å². The van der Waals surface area contributed by atoms with Crippen molar-refractivity contribution < 1.29 is 5.11 Å². The average molecular weight is 138 g/mol. The molecule has 1 rings (SSSR count). The summed E-state index contributed by atoms with van der Waals surface area (Å²) in [6.07, 6.45) is 1.54. The molecule has 1 aliphatic carbocycles. The van der Waals surface area contributed by atoms with Crippen molar-refractivity contribution in [2.45, 2.75) is 31.4 Å². The number of nitrogens with two attached hydrogens (primary N) is 1. The standard InChI is InChI=1S/C5H11NO.ClH/c1-5(7)2-4(6)3-5;/h4,7H,2-3,6H2,1H3;1H/t4-,5+;. The van der Waals surface area contributed by atoms with E-state index in [4.69, 9.17) is 10.8 Å². The van der Waals surface area contributed by atoms with E-state index in [-0.39, 0.29) is 18.4 Å². The van der Waals surface area contributed by atoms with Crippen LogP contribution in [0.3, 0.4) is 0 Å². The van der Waals surface area contributed by atoms with Crippen molar-refractivity contribution >= 4 is 12.4 Å². The van der Waals surface area contributed by atoms with Crippen LogP contribution in [0.2, 0.25) is 0 Å². The molecular formula is C5H12ClNO. The second-order valence-corrected chi connectivity index (χ2v) is 2.67. The van der Waals surface area contributed by atoms with Crippen molar-refractivity contribution in [3.8, 4) is 0 Å². The third-order valence-corrected chi connectivity index (χ3v) is 1.40. The van der Waals surface area contributed by atoms with Crippen molar-refractivity contribution in [2.75, 3.05) is 0 Å². The number of aliphatic hydroxyl groups is 1. The van der Waals surface area contributed by atoms with Gasteiger partial charge in [0.05, 0.1) is 5.60 Å². The monoisotopic (exact) mass is 137 g/mol. The lowest BCUT2D eigenvalue weighted by molar-refractivity contribution is -0.0286. The summed E-state index contributed by atoms with van der Waals surface area (Å²) in [4.78, 5) is 0. The van der Waals surface area contributed by atoms with E-state index in [9.17, 15) is 0 Å². The predicted molar refractivity (Wildman–Crippen MR) is 35.1 cm³/mol. The van der Waals surface area contributed by atoms with Gasteiger partial charge < -0.3 is 10.8 Å². The Hall–Kier alpha value is 0.210. The van der Waals surface area contributed by atoms with E-state index in [0.29, 0.717) is 0 Å². The molecule has 0 heterocycles. The summed E-state index contributed by atoms with van der Waals surface area (Å²) in [7, 11) is 0. The van der Waals surface area contributed by atoms with Crippen LogP contribution in [-0.2, 0) is 0 Å². The van der Waals surface area contributed by atoms with E-state index in [1.807, 2.05) is 6.92 Å². The summed E-state index contributed by atoms with van der Waals surface area (Å²) in [5.41, 5.74) is 4.96. The van der Waals surface area contributed by atoms with Gasteiger partial charge in [0.2, 0.25) is 0 Å². The van der Waals surface area contributed by atoms with E-state index in [2.05, 4.69) is 0 Å². The van der Waals surface area contributed by atoms with Gasteiger partial charge in [0.15, 0.2) is 0 Å². The fourth-order valence-electron chi connectivity index (χ4n) is 1.07. The molecule has 1 fully saturated rings. The van der Waals surface area contributed by atoms with Crippen LogP contribution in [0.1, 0.15) is 19.8 Å². The second kappa shape index (κ2) is 2.21. The topological polar surface area (TPSA) is 46.2 Å². The molecule has 0 aromatic carbocycles. The fraction of sp³-hybridized carbons (Fsp3) is 1.00. The first-order valence-corrected chi connectivity index (χ1v) is 2.58. The van der Waals surface area contributed by atoms with E-state index < -0.39 is 5.60 Å². The Labute approximate surface area is 55.5 Å². The van der Waals surface area contributed by atoms with Gasteiger partial charge in [0, 0.05) is 6.04 Å². The van der Waals surface area contributed by atoms with Crippen molar-refractivity contribution in [3.05, 3.63) is 0 Å². The molecule has 0 amide bonds. The molecule has 8 heavy (non-hydrogen) atoms. The van der Waals surface area contributed by atoms with Gasteiger partial charge in [-0.3, -0.25) is 0 Å². The van der Waals surface area contributed by atoms with Crippen LogP contribution in [0.4, 0.5) is 0 Å². The maximum atomic E-state index is 9.00. The average Bonchev–Trinajstić information content (AvgIpc) is 1.27. The van der Waals surface area contributed by atoms with Gasteiger partial charge >= 0.3 is 0 Å². The van der Waals surface area contributed by atoms with Gasteiger partial charge in [-0.05, 0) is 19.8 Å². The van der Waals surface area contributed by atoms with Crippen LogP contribution in [0.5, 0.6) is 0 Å². The van der Waals surface area contributed by atoms with Crippen molar-refractivity contribution in [1.29, 1.82) is 0 Å². The molecule has 1 saturated carbocycles. The smallest absolute Gasteiger partial charge is 0.0649 e. The summed E-state index contributed by atoms with van der Waals surface area (Å²) in [5.74, 6) is 0. The zero-order valence-corrected chi connectivity index (χ0v) is 5.74. The second-order valence-electron chi connectivity index (χ2n) is 2.67. The molecular weight excluding hydrogens is 126 g/mol. The Morgan fingerprint density at radius 2 is 2.00 bits per heavy atom. The highest BCUT2D eigenvalue weighted by molar-refractivity contribution is 5.85. The summed E-state index contributed by atoms with van der Waals surface area (Å²) in [6, 6.07) is 0.259. The van der Waals surface area contributed by atoms with Crippen molar-refractivity contribution in [3.63, 3.8) is 0 Å². The Bertz CT molecular complexity index is 76.5. The summed E-state index contributed by atoms with van der Waals surface area (Å²) in [5, 5.41) is 9.00. The quantitative estimate of drug-likeness (QED) is 0.504. The molecule has 0 aromatic heterocycles. The normalized spacial score (nSPS) is 44.6. The van der Waals surface area contributed by atoms with E-state index >= 15 is 0 Å². The fourth-order valence-corrected chi connectivity index (χ4v) is 1.07. The number of hydrogen-bond donors (Lipinski definition) is 2. The maximum absolute atomic E-state index is 9.00. The summed E-state index contributed by atoms with van der Waals surface area (Å²) >= 11 is 0. The molecule has 3 N–H and O–H groups in total. The van der Waals surface area contributed by atoms with Crippen LogP contribution in [0, 0.1) is 0 Å². The largest absolute Gasteiger partial charge is 0.390 e. The van der Waals surface area contributed by atoms with Crippen LogP contribution < -0.4 is 5.73 Å². The zero-order chi connectivity index (χ0) is 5.49. The minimum atomic E-state index is -0.431. The SMILES string of the molecule is C[C@]1(O)C[C@@H](N)C1.Cl. The van der Waals surface area contributed by atoms with Crippen LogP contribution in [0.15, 0.2) is 0 Å². The van der Waals surface area contributed by atoms with Crippen LogP contribution in [0.25, 0.3) is 0 Å². The first kappa shape index (κ1) is 8.21. The highest BCUT2D eigenvalue weighted by atomic mass is 35.5. The predicted octanol–water partition coefficient (Wildman–Crippen LogP) is 0.280. The number of halogens is 1. The van der Waals surface area contributed by atoms with Gasteiger partial charge in [-0.25, -0.2) is 0 Å². The Morgan fingerprint density at radius 3 is 2.00 bits per heavy atom. The van der Waals surface area contributed by atoms with Gasteiger partial charge in [-0.1, -0.05) is 0 Å². The zero-order valence-electron chi connectivity index (χ0n) is 4.92. The molecule has 0 unspecified atom stereocenters. The molecule has 0 atom stereocenters. The lowest BCUT2D eigenvalue weighted by Crippen LogP contribution is -2.49. The lowest BCUT2D eigenvalue weighted by atomic mass is 9.78. The van der Waals surface area contributed by atoms with Crippen molar-refractivity contribution in [2.24, 2.45) is 5.73 Å². The van der Waals surface area contributed by atoms with E-state index in [1.165, 1.54) is 0 Å². The Kier molecular flexibility index (Phi) is 2.27. The van der Waals surface area contributed by atoms with Gasteiger partial charge in [-0.15, -0.1) is 12.4 Å². The summed E-state index contributed by atoms with van der Waals surface area (Å²) < 4.78 is 0. The molecule has 0 saturated heterocycles. The lowest BCUT2D eigenvalue weighted by Gasteiger charge is -2.38. The van der Waals surface area contributed by atoms with Crippen LogP contribution in [-0.4, -0.2) is 16.7 Å². The Balaban J connectivity index is 0.000000490.